The van der Waals surface area contributed by atoms with Crippen LogP contribution in [0.5, 0.6) is 11.5 Å². The number of carbonyl (C=O) groups excluding carboxylic acids is 5. The number of benzene rings is 3. The zero-order valence-corrected chi connectivity index (χ0v) is 39.6. The Morgan fingerprint density at radius 3 is 1.42 bits per heavy atom. The quantitative estimate of drug-likeness (QED) is 0.0419. The lowest BCUT2D eigenvalue weighted by atomic mass is 9.87. The van der Waals surface area contributed by atoms with E-state index in [0.29, 0.717) is 53.7 Å². The fourth-order valence-corrected chi connectivity index (χ4v) is 12.6. The minimum absolute atomic E-state index is 0.0371. The third-order valence-electron chi connectivity index (χ3n) is 10.9. The van der Waals surface area contributed by atoms with Crippen LogP contribution in [-0.4, -0.2) is 39.6 Å². The number of ketones is 1. The number of Topliss-reactive ketones (excluding diaryl/α,β-unsaturated/α-hetero) is 1. The third kappa shape index (κ3) is 10.2. The monoisotopic (exact) mass is 911 g/mol. The van der Waals surface area contributed by atoms with Crippen LogP contribution in [0.25, 0.3) is 0 Å². The number of ether oxygens (including phenoxy) is 2. The van der Waals surface area contributed by atoms with Gasteiger partial charge in [-0.25, -0.2) is 10.0 Å². The van der Waals surface area contributed by atoms with Crippen LogP contribution in [-0.2, 0) is 37.1 Å². The normalized spacial score (nSPS) is 15.7. The highest BCUT2D eigenvalue weighted by atomic mass is 32.2. The Balaban J connectivity index is 1.54. The molecule has 2 amide bonds. The molecule has 0 aromatic heterocycles. The number of allylic oxidation sites excluding steroid dienone is 1. The van der Waals surface area contributed by atoms with Gasteiger partial charge in [-0.05, 0) is 36.8 Å². The summed E-state index contributed by atoms with van der Waals surface area (Å²) in [4.78, 5) is 73.0. The zero-order chi connectivity index (χ0) is 44.7. The van der Waals surface area contributed by atoms with Crippen LogP contribution in [0.2, 0.25) is 0 Å². The Bertz CT molecular complexity index is 2200. The fourth-order valence-electron chi connectivity index (χ4n) is 7.17. The van der Waals surface area contributed by atoms with Crippen LogP contribution >= 0.6 is 47.0 Å². The summed E-state index contributed by atoms with van der Waals surface area (Å²) >= 11 is 4.53. The number of hydrogen-bond donors (Lipinski definition) is 0. The van der Waals surface area contributed by atoms with E-state index in [2.05, 4.69) is 19.9 Å². The molecular formula is C48H53N3O7S4. The zero-order valence-electron chi connectivity index (χ0n) is 36.3. The van der Waals surface area contributed by atoms with Crippen molar-refractivity contribution >= 4 is 76.6 Å². The maximum atomic E-state index is 14.7. The van der Waals surface area contributed by atoms with Gasteiger partial charge in [0, 0.05) is 5.41 Å². The Morgan fingerprint density at radius 1 is 0.661 bits per heavy atom. The second kappa shape index (κ2) is 20.8. The van der Waals surface area contributed by atoms with Crippen LogP contribution < -0.4 is 9.47 Å². The number of hydrogen-bond acceptors (Lipinski definition) is 12. The summed E-state index contributed by atoms with van der Waals surface area (Å²) in [5.74, 6) is -2.60. The largest absolute Gasteiger partial charge is 0.424 e. The predicted molar refractivity (Wildman–Crippen MR) is 246 cm³/mol. The van der Waals surface area contributed by atoms with E-state index in [1.54, 1.807) is 20.8 Å². The number of thioether (sulfide) groups is 4. The minimum atomic E-state index is -0.864. The first-order chi connectivity index (χ1) is 29.8. The molecule has 0 saturated carbocycles. The smallest absolute Gasteiger partial charge is 0.314 e. The van der Waals surface area contributed by atoms with Gasteiger partial charge in [0.15, 0.2) is 17.3 Å². The van der Waals surface area contributed by atoms with Crippen LogP contribution in [0, 0.1) is 28.6 Å². The van der Waals surface area contributed by atoms with Gasteiger partial charge in [-0.2, -0.15) is 5.26 Å². The molecule has 2 atom stereocenters. The highest BCUT2D eigenvalue weighted by Gasteiger charge is 2.47. The van der Waals surface area contributed by atoms with E-state index in [-0.39, 0.29) is 41.5 Å². The molecule has 62 heavy (non-hydrogen) atoms. The van der Waals surface area contributed by atoms with Crippen molar-refractivity contribution in [3.63, 3.8) is 0 Å². The summed E-state index contributed by atoms with van der Waals surface area (Å²) in [5.41, 5.74) is 0.746. The average molecular weight is 912 g/mol. The van der Waals surface area contributed by atoms with Crippen molar-refractivity contribution in [2.24, 2.45) is 17.3 Å². The first-order valence-electron chi connectivity index (χ1n) is 21.3. The molecule has 0 N–H and O–H groups in total. The van der Waals surface area contributed by atoms with Crippen LogP contribution in [0.15, 0.2) is 99.9 Å². The number of rotatable bonds is 17. The molecule has 6 rings (SSSR count). The molecule has 0 spiro atoms. The van der Waals surface area contributed by atoms with E-state index in [1.165, 1.54) is 10.0 Å². The molecule has 326 valence electrons. The summed E-state index contributed by atoms with van der Waals surface area (Å²) < 4.78 is 13.6. The number of carbonyl (C=O) groups is 5. The van der Waals surface area contributed by atoms with Gasteiger partial charge in [0.05, 0.1) is 53.0 Å². The predicted octanol–water partition coefficient (Wildman–Crippen LogP) is 11.9. The number of esters is 2. The fraction of sp³-hybridized carbons (Fsp3) is 0.417. The van der Waals surface area contributed by atoms with E-state index < -0.39 is 41.0 Å². The van der Waals surface area contributed by atoms with Crippen molar-refractivity contribution in [1.29, 1.82) is 5.26 Å². The van der Waals surface area contributed by atoms with Crippen molar-refractivity contribution in [2.45, 2.75) is 133 Å². The van der Waals surface area contributed by atoms with Crippen LogP contribution in [0.1, 0.15) is 111 Å². The van der Waals surface area contributed by atoms with E-state index in [4.69, 9.17) is 9.47 Å². The topological polar surface area (TPSA) is 134 Å². The Hall–Kier alpha value is -4.42. The summed E-state index contributed by atoms with van der Waals surface area (Å²) in [5, 5.41) is 13.3. The molecule has 3 aromatic rings. The van der Waals surface area contributed by atoms with Crippen LogP contribution in [0.3, 0.4) is 0 Å². The molecule has 3 aromatic carbocycles. The molecule has 10 nitrogen and oxygen atoms in total. The van der Waals surface area contributed by atoms with Gasteiger partial charge in [0.1, 0.15) is 17.2 Å². The van der Waals surface area contributed by atoms with Gasteiger partial charge in [-0.3, -0.25) is 24.0 Å². The molecule has 3 aliphatic rings. The van der Waals surface area contributed by atoms with Crippen molar-refractivity contribution in [3.05, 3.63) is 91.4 Å². The first-order valence-corrected chi connectivity index (χ1v) is 24.6. The maximum absolute atomic E-state index is 14.7. The lowest BCUT2D eigenvalue weighted by Crippen LogP contribution is -2.39. The van der Waals surface area contributed by atoms with Gasteiger partial charge in [0.2, 0.25) is 0 Å². The van der Waals surface area contributed by atoms with E-state index in [1.807, 2.05) is 74.5 Å². The lowest BCUT2D eigenvalue weighted by molar-refractivity contribution is -0.149. The van der Waals surface area contributed by atoms with Crippen molar-refractivity contribution in [3.8, 4) is 17.6 Å². The maximum Gasteiger partial charge on any atom is 0.314 e. The summed E-state index contributed by atoms with van der Waals surface area (Å²) in [7, 11) is 0. The van der Waals surface area contributed by atoms with Crippen molar-refractivity contribution < 1.29 is 33.4 Å². The van der Waals surface area contributed by atoms with Crippen molar-refractivity contribution in [1.82, 2.24) is 10.0 Å². The molecule has 2 unspecified atom stereocenters. The van der Waals surface area contributed by atoms with E-state index >= 15 is 0 Å². The number of unbranched alkanes of at least 4 members (excludes halogenated alkanes) is 2. The molecule has 0 radical (unpaired) electrons. The Kier molecular flexibility index (Phi) is 15.8. The van der Waals surface area contributed by atoms with Gasteiger partial charge < -0.3 is 9.47 Å². The molecular weight excluding hydrogens is 859 g/mol. The summed E-state index contributed by atoms with van der Waals surface area (Å²) in [6.45, 7) is 13.6. The number of fused-ring (bicyclic) bond motifs is 2. The second-order valence-electron chi connectivity index (χ2n) is 16.4. The average Bonchev–Trinajstić information content (AvgIpc) is 3.95. The standard InChI is InChI=1S/C48H53N3O7S4/c1-8-12-24-31(10-3)44(55)57-35-37-38(60-46(59-37)33(26-49)41(52)48(5,6)7)36(58-45(56)32(11-4)25-13-9-2)40-39(35)61-47(62-40)34-42(53)50(27-29-20-16-14-17-21-29)51(43(34)54)28-30-22-18-15-19-23-30/h14-23,31-32H,8-13,24-25,27-28H2,1-7H3. The number of nitrogens with zero attached hydrogens (tertiary/aromatic N) is 3. The number of amides is 2. The number of hydrazine groups is 1. The molecule has 1 fully saturated rings. The Morgan fingerprint density at radius 2 is 1.06 bits per heavy atom. The molecule has 0 bridgehead atoms. The molecule has 1 saturated heterocycles. The Labute approximate surface area is 382 Å². The minimum Gasteiger partial charge on any atom is -0.424 e. The first kappa shape index (κ1) is 47.1. The molecule has 0 aliphatic carbocycles. The highest BCUT2D eigenvalue weighted by Crippen LogP contribution is 2.69. The third-order valence-corrected chi connectivity index (χ3v) is 16.0. The summed E-state index contributed by atoms with van der Waals surface area (Å²) in [6, 6.07) is 21.1. The molecule has 3 heterocycles. The van der Waals surface area contributed by atoms with E-state index in [0.717, 1.165) is 83.9 Å². The highest BCUT2D eigenvalue weighted by molar-refractivity contribution is 8.26. The van der Waals surface area contributed by atoms with Gasteiger partial charge in [-0.15, -0.1) is 0 Å². The molecule has 14 heteroatoms. The summed E-state index contributed by atoms with van der Waals surface area (Å²) in [6.07, 6.45) is 5.82. The lowest BCUT2D eigenvalue weighted by Gasteiger charge is -2.27. The second-order valence-corrected chi connectivity index (χ2v) is 21.0. The van der Waals surface area contributed by atoms with Gasteiger partial charge in [0.25, 0.3) is 11.8 Å². The van der Waals surface area contributed by atoms with Crippen LogP contribution in [0.4, 0.5) is 0 Å². The van der Waals surface area contributed by atoms with Gasteiger partial charge >= 0.3 is 11.9 Å². The van der Waals surface area contributed by atoms with Crippen molar-refractivity contribution in [2.75, 3.05) is 0 Å². The van der Waals surface area contributed by atoms with Gasteiger partial charge in [-0.1, -0.05) is 182 Å². The number of nitriles is 1. The SMILES string of the molecule is CCCCC(CC)C(=O)Oc1c2c(c(OC(=O)C(CC)CCCC)c3c1SC(=C1C(=O)N(Cc4ccccc4)N(Cc4ccccc4)C1=O)S3)SC(=C(C#N)C(=O)C(C)(C)C)S2. The van der Waals surface area contributed by atoms with E-state index in [9.17, 15) is 29.2 Å². The molecule has 3 aliphatic heterocycles.